The fourth-order valence-electron chi connectivity index (χ4n) is 3.37. The fraction of sp³-hybridized carbons (Fsp3) is 0.227. The van der Waals surface area contributed by atoms with Gasteiger partial charge in [0.25, 0.3) is 5.56 Å². The van der Waals surface area contributed by atoms with E-state index in [1.807, 2.05) is 55.5 Å². The molecule has 0 saturated heterocycles. The molecule has 4 rings (SSSR count). The molecule has 0 radical (unpaired) electrons. The summed E-state index contributed by atoms with van der Waals surface area (Å²) in [6, 6.07) is 14.6. The number of benzene rings is 2. The van der Waals surface area contributed by atoms with Crippen molar-refractivity contribution in [1.29, 1.82) is 0 Å². The lowest BCUT2D eigenvalue weighted by atomic mass is 10.2. The van der Waals surface area contributed by atoms with Crippen LogP contribution < -0.4 is 15.6 Å². The average Bonchev–Trinajstić information content (AvgIpc) is 3.15. The van der Waals surface area contributed by atoms with Gasteiger partial charge in [-0.1, -0.05) is 30.3 Å². The van der Waals surface area contributed by atoms with Gasteiger partial charge in [-0.05, 0) is 37.6 Å². The minimum Gasteiger partial charge on any atom is -0.497 e. The first-order chi connectivity index (χ1) is 14.0. The summed E-state index contributed by atoms with van der Waals surface area (Å²) >= 11 is 1.55. The molecule has 1 N–H and O–H groups in total. The molecule has 2 aromatic carbocycles. The monoisotopic (exact) mass is 407 g/mol. The van der Waals surface area contributed by atoms with Gasteiger partial charge in [-0.15, -0.1) is 11.3 Å². The highest BCUT2D eigenvalue weighted by Crippen LogP contribution is 2.32. The summed E-state index contributed by atoms with van der Waals surface area (Å²) in [6.07, 6.45) is 0. The van der Waals surface area contributed by atoms with Crippen LogP contribution in [0.5, 0.6) is 5.75 Å². The Bertz CT molecular complexity index is 1280. The molecule has 7 heteroatoms. The number of aryl methyl sites for hydroxylation is 1. The van der Waals surface area contributed by atoms with Crippen molar-refractivity contribution in [2.24, 2.45) is 0 Å². The molecular formula is C22H21N3O3S. The second-order valence-corrected chi connectivity index (χ2v) is 7.93. The predicted molar refractivity (Wildman–Crippen MR) is 116 cm³/mol. The summed E-state index contributed by atoms with van der Waals surface area (Å²) in [7, 11) is 1.60. The van der Waals surface area contributed by atoms with E-state index in [9.17, 15) is 9.59 Å². The van der Waals surface area contributed by atoms with Crippen molar-refractivity contribution in [2.45, 2.75) is 26.4 Å². The van der Waals surface area contributed by atoms with Gasteiger partial charge < -0.3 is 10.1 Å². The molecule has 0 aliphatic heterocycles. The average molecular weight is 407 g/mol. The van der Waals surface area contributed by atoms with E-state index >= 15 is 0 Å². The summed E-state index contributed by atoms with van der Waals surface area (Å²) in [5.74, 6) is 0.466. The summed E-state index contributed by atoms with van der Waals surface area (Å²) < 4.78 is 8.41. The number of methoxy groups -OCH3 is 1. The first-order valence-corrected chi connectivity index (χ1v) is 10.1. The third kappa shape index (κ3) is 3.49. The first kappa shape index (κ1) is 19.1. The molecule has 148 valence electrons. The van der Waals surface area contributed by atoms with Crippen LogP contribution in [0, 0.1) is 6.92 Å². The van der Waals surface area contributed by atoms with E-state index in [0.717, 1.165) is 31.8 Å². The Morgan fingerprint density at radius 2 is 2.03 bits per heavy atom. The van der Waals surface area contributed by atoms with E-state index in [0.29, 0.717) is 11.9 Å². The maximum absolute atomic E-state index is 13.2. The van der Waals surface area contributed by atoms with E-state index in [1.165, 1.54) is 4.68 Å². The van der Waals surface area contributed by atoms with Gasteiger partial charge in [0.1, 0.15) is 11.8 Å². The van der Waals surface area contributed by atoms with Gasteiger partial charge in [0.05, 0.1) is 22.9 Å². The maximum atomic E-state index is 13.2. The number of aromatic nitrogens is 2. The van der Waals surface area contributed by atoms with Crippen molar-refractivity contribution in [1.82, 2.24) is 15.1 Å². The van der Waals surface area contributed by atoms with Gasteiger partial charge in [0, 0.05) is 16.6 Å². The molecular weight excluding hydrogens is 386 g/mol. The molecule has 0 aliphatic carbocycles. The number of thiophene rings is 1. The molecule has 1 atom stereocenters. The summed E-state index contributed by atoms with van der Waals surface area (Å²) in [4.78, 5) is 25.9. The topological polar surface area (TPSA) is 73.2 Å². The minimum absolute atomic E-state index is 0.243. The normalized spacial score (nSPS) is 12.2. The third-order valence-corrected chi connectivity index (χ3v) is 6.23. The predicted octanol–water partition coefficient (Wildman–Crippen LogP) is 3.81. The Hall–Kier alpha value is -3.19. The molecule has 2 heterocycles. The standard InChI is InChI=1S/C22H21N3O3S/c1-13-20-19(17-9-4-5-10-18(17)29-20)22(27)25(24-13)14(2)21(26)23-12-15-7-6-8-16(11-15)28-3/h4-11,14H,12H2,1-3H3,(H,23,26). The van der Waals surface area contributed by atoms with Gasteiger partial charge in [-0.2, -0.15) is 5.10 Å². The van der Waals surface area contributed by atoms with E-state index in [4.69, 9.17) is 4.74 Å². The van der Waals surface area contributed by atoms with Gasteiger partial charge >= 0.3 is 0 Å². The Morgan fingerprint density at radius 3 is 2.83 bits per heavy atom. The first-order valence-electron chi connectivity index (χ1n) is 9.31. The van der Waals surface area contributed by atoms with Gasteiger partial charge in [0.15, 0.2) is 0 Å². The zero-order valence-corrected chi connectivity index (χ0v) is 17.2. The smallest absolute Gasteiger partial charge is 0.276 e. The van der Waals surface area contributed by atoms with Crippen LogP contribution in [-0.4, -0.2) is 22.8 Å². The van der Waals surface area contributed by atoms with E-state index < -0.39 is 6.04 Å². The molecule has 4 aromatic rings. The van der Waals surface area contributed by atoms with Crippen LogP contribution in [0.2, 0.25) is 0 Å². The van der Waals surface area contributed by atoms with Crippen LogP contribution in [0.1, 0.15) is 24.2 Å². The second-order valence-electron chi connectivity index (χ2n) is 6.88. The minimum atomic E-state index is -0.727. The van der Waals surface area contributed by atoms with Crippen LogP contribution in [0.15, 0.2) is 53.3 Å². The van der Waals surface area contributed by atoms with E-state index in [-0.39, 0.29) is 11.5 Å². The van der Waals surface area contributed by atoms with Crippen LogP contribution >= 0.6 is 11.3 Å². The van der Waals surface area contributed by atoms with Crippen LogP contribution in [-0.2, 0) is 11.3 Å². The van der Waals surface area contributed by atoms with Crippen LogP contribution in [0.3, 0.4) is 0 Å². The highest BCUT2D eigenvalue weighted by molar-refractivity contribution is 7.26. The zero-order chi connectivity index (χ0) is 20.5. The molecule has 2 aromatic heterocycles. The van der Waals surface area contributed by atoms with Gasteiger partial charge in [0.2, 0.25) is 5.91 Å². The number of ether oxygens (including phenoxy) is 1. The Morgan fingerprint density at radius 1 is 1.24 bits per heavy atom. The Kier molecular flexibility index (Phi) is 5.07. The highest BCUT2D eigenvalue weighted by Gasteiger charge is 2.21. The number of nitrogens with zero attached hydrogens (tertiary/aromatic N) is 2. The Labute approximate surface area is 171 Å². The van der Waals surface area contributed by atoms with Crippen molar-refractivity contribution >= 4 is 37.4 Å². The summed E-state index contributed by atoms with van der Waals surface area (Å²) in [5.41, 5.74) is 1.42. The molecule has 1 unspecified atom stereocenters. The number of amides is 1. The number of carbonyl (C=O) groups excluding carboxylic acids is 1. The number of rotatable bonds is 5. The third-order valence-electron chi connectivity index (χ3n) is 4.95. The van der Waals surface area contributed by atoms with Crippen molar-refractivity contribution in [2.75, 3.05) is 7.11 Å². The largest absolute Gasteiger partial charge is 0.497 e. The summed E-state index contributed by atoms with van der Waals surface area (Å²) in [5, 5.41) is 8.85. The zero-order valence-electron chi connectivity index (χ0n) is 16.4. The molecule has 0 aliphatic rings. The number of carbonyl (C=O) groups is 1. The number of hydrogen-bond donors (Lipinski definition) is 1. The van der Waals surface area contributed by atoms with Crippen LogP contribution in [0.4, 0.5) is 0 Å². The quantitative estimate of drug-likeness (QED) is 0.546. The summed E-state index contributed by atoms with van der Waals surface area (Å²) in [6.45, 7) is 3.90. The lowest BCUT2D eigenvalue weighted by molar-refractivity contribution is -0.124. The number of nitrogens with one attached hydrogen (secondary N) is 1. The fourth-order valence-corrected chi connectivity index (χ4v) is 4.51. The van der Waals surface area contributed by atoms with E-state index in [2.05, 4.69) is 10.4 Å². The van der Waals surface area contributed by atoms with Crippen molar-refractivity contribution < 1.29 is 9.53 Å². The van der Waals surface area contributed by atoms with Crippen LogP contribution in [0.25, 0.3) is 20.2 Å². The Balaban J connectivity index is 1.64. The molecule has 6 nitrogen and oxygen atoms in total. The van der Waals surface area contributed by atoms with Gasteiger partial charge in [-0.25, -0.2) is 4.68 Å². The molecule has 1 amide bonds. The van der Waals surface area contributed by atoms with Gasteiger partial charge in [-0.3, -0.25) is 9.59 Å². The molecule has 29 heavy (non-hydrogen) atoms. The lowest BCUT2D eigenvalue weighted by Crippen LogP contribution is -2.37. The molecule has 0 bridgehead atoms. The highest BCUT2D eigenvalue weighted by atomic mass is 32.1. The van der Waals surface area contributed by atoms with Crippen molar-refractivity contribution in [3.05, 3.63) is 70.1 Å². The molecule has 0 fully saturated rings. The number of hydrogen-bond acceptors (Lipinski definition) is 5. The maximum Gasteiger partial charge on any atom is 0.276 e. The SMILES string of the molecule is COc1cccc(CNC(=O)C(C)n2nc(C)c3sc4ccccc4c3c2=O)c1. The molecule has 0 spiro atoms. The van der Waals surface area contributed by atoms with Crippen molar-refractivity contribution in [3.63, 3.8) is 0 Å². The molecule has 0 saturated carbocycles. The second kappa shape index (κ2) is 7.67. The lowest BCUT2D eigenvalue weighted by Gasteiger charge is -2.15. The number of fused-ring (bicyclic) bond motifs is 3. The van der Waals surface area contributed by atoms with E-state index in [1.54, 1.807) is 25.4 Å². The van der Waals surface area contributed by atoms with Crippen molar-refractivity contribution in [3.8, 4) is 5.75 Å².